The molecule has 0 atom stereocenters. The van der Waals surface area contributed by atoms with Gasteiger partial charge in [-0.05, 0) is 37.1 Å². The largest absolute Gasteiger partial charge is 0.423 e. The Kier molecular flexibility index (Phi) is 4.97. The van der Waals surface area contributed by atoms with Gasteiger partial charge >= 0.3 is 0 Å². The molecule has 0 spiro atoms. The third kappa shape index (κ3) is 4.21. The van der Waals surface area contributed by atoms with Gasteiger partial charge < -0.3 is 4.42 Å². The Morgan fingerprint density at radius 2 is 1.95 bits per heavy atom. The summed E-state index contributed by atoms with van der Waals surface area (Å²) < 4.78 is 31.2. The lowest BCUT2D eigenvalue weighted by molar-refractivity contribution is 0.568. The predicted molar refractivity (Wildman–Crippen MR) is 77.1 cm³/mol. The van der Waals surface area contributed by atoms with E-state index in [0.717, 1.165) is 5.56 Å². The molecule has 0 saturated carbocycles. The second-order valence-electron chi connectivity index (χ2n) is 4.14. The summed E-state index contributed by atoms with van der Waals surface area (Å²) in [6.45, 7) is 0. The van der Waals surface area contributed by atoms with Gasteiger partial charge in [0.25, 0.3) is 0 Å². The summed E-state index contributed by atoms with van der Waals surface area (Å²) in [5, 5.41) is 7.36. The predicted octanol–water partition coefficient (Wildman–Crippen LogP) is 2.50. The van der Waals surface area contributed by atoms with Gasteiger partial charge in [-0.2, -0.15) is 0 Å². The molecule has 0 bridgehead atoms. The van der Waals surface area contributed by atoms with Gasteiger partial charge in [0.15, 0.2) is 0 Å². The Hall–Kier alpha value is -1.60. The van der Waals surface area contributed by atoms with E-state index in [4.69, 9.17) is 16.0 Å². The third-order valence-electron chi connectivity index (χ3n) is 2.56. The van der Waals surface area contributed by atoms with Gasteiger partial charge in [-0.15, -0.1) is 21.8 Å². The van der Waals surface area contributed by atoms with Crippen LogP contribution in [0.3, 0.4) is 0 Å². The first-order valence-electron chi connectivity index (χ1n) is 6.04. The molecule has 0 aliphatic heterocycles. The monoisotopic (exact) mass is 315 g/mol. The molecule has 1 aromatic heterocycles. The molecule has 0 amide bonds. The number of unbranched alkanes of at least 4 members (excludes halogenated alkanes) is 1. The van der Waals surface area contributed by atoms with Gasteiger partial charge in [0.05, 0.1) is 5.75 Å². The molecule has 1 heterocycles. The zero-order chi connectivity index (χ0) is 14.4. The van der Waals surface area contributed by atoms with Gasteiger partial charge in [-0.25, -0.2) is 8.42 Å². The van der Waals surface area contributed by atoms with Crippen molar-refractivity contribution in [3.05, 3.63) is 30.7 Å². The van der Waals surface area contributed by atoms with E-state index in [1.165, 1.54) is 6.39 Å². The zero-order valence-corrected chi connectivity index (χ0v) is 12.2. The van der Waals surface area contributed by atoms with Crippen molar-refractivity contribution in [1.82, 2.24) is 10.2 Å². The number of sulfonamides is 1. The molecular weight excluding hydrogens is 302 g/mol. The van der Waals surface area contributed by atoms with Gasteiger partial charge in [0.1, 0.15) is 0 Å². The van der Waals surface area contributed by atoms with Gasteiger partial charge in [0, 0.05) is 17.1 Å². The maximum atomic E-state index is 11.8. The lowest BCUT2D eigenvalue weighted by Crippen LogP contribution is -2.16. The van der Waals surface area contributed by atoms with Crippen molar-refractivity contribution < 1.29 is 12.8 Å². The van der Waals surface area contributed by atoms with Gasteiger partial charge in [0.2, 0.25) is 22.3 Å². The fourth-order valence-corrected chi connectivity index (χ4v) is 2.97. The lowest BCUT2D eigenvalue weighted by atomic mass is 10.2. The normalized spacial score (nSPS) is 11.4. The molecule has 2 rings (SSSR count). The lowest BCUT2D eigenvalue weighted by Gasteiger charge is -2.07. The van der Waals surface area contributed by atoms with E-state index in [2.05, 4.69) is 14.9 Å². The summed E-state index contributed by atoms with van der Waals surface area (Å²) in [6, 6.07) is 6.73. The minimum atomic E-state index is -3.33. The van der Waals surface area contributed by atoms with Gasteiger partial charge in [-0.1, -0.05) is 0 Å². The van der Waals surface area contributed by atoms with Crippen molar-refractivity contribution in [3.8, 4) is 11.5 Å². The van der Waals surface area contributed by atoms with Crippen molar-refractivity contribution in [2.45, 2.75) is 12.8 Å². The Bertz CT molecular complexity index is 626. The van der Waals surface area contributed by atoms with Crippen LogP contribution in [0.1, 0.15) is 12.8 Å². The summed E-state index contributed by atoms with van der Waals surface area (Å²) in [5.74, 6) is 0.918. The highest BCUT2D eigenvalue weighted by Crippen LogP contribution is 2.19. The maximum Gasteiger partial charge on any atom is 0.247 e. The molecule has 0 radical (unpaired) electrons. The fraction of sp³-hybridized carbons (Fsp3) is 0.333. The van der Waals surface area contributed by atoms with E-state index in [-0.39, 0.29) is 5.75 Å². The Labute approximate surface area is 122 Å². The molecule has 108 valence electrons. The quantitative estimate of drug-likeness (QED) is 0.626. The smallest absolute Gasteiger partial charge is 0.247 e. The van der Waals surface area contributed by atoms with Crippen molar-refractivity contribution in [2.75, 3.05) is 16.4 Å². The number of hydrogen-bond acceptors (Lipinski definition) is 5. The van der Waals surface area contributed by atoms with E-state index >= 15 is 0 Å². The third-order valence-corrected chi connectivity index (χ3v) is 4.20. The molecule has 1 aromatic carbocycles. The molecule has 2 aromatic rings. The number of benzene rings is 1. The molecule has 0 fully saturated rings. The van der Waals surface area contributed by atoms with Crippen LogP contribution in [0.5, 0.6) is 0 Å². The highest BCUT2D eigenvalue weighted by Gasteiger charge is 2.10. The van der Waals surface area contributed by atoms with Crippen LogP contribution in [0.25, 0.3) is 11.5 Å². The molecule has 0 saturated heterocycles. The number of nitrogens with one attached hydrogen (secondary N) is 1. The molecule has 8 heteroatoms. The zero-order valence-electron chi connectivity index (χ0n) is 10.6. The maximum absolute atomic E-state index is 11.8. The summed E-state index contributed by atoms with van der Waals surface area (Å²) in [7, 11) is -3.33. The van der Waals surface area contributed by atoms with Crippen LogP contribution in [0.4, 0.5) is 5.69 Å². The van der Waals surface area contributed by atoms with Crippen LogP contribution in [0.15, 0.2) is 35.1 Å². The average Bonchev–Trinajstić information content (AvgIpc) is 2.93. The highest BCUT2D eigenvalue weighted by atomic mass is 35.5. The van der Waals surface area contributed by atoms with Crippen LogP contribution >= 0.6 is 11.6 Å². The first kappa shape index (κ1) is 14.8. The van der Waals surface area contributed by atoms with Crippen molar-refractivity contribution in [1.29, 1.82) is 0 Å². The van der Waals surface area contributed by atoms with E-state index in [1.54, 1.807) is 24.3 Å². The first-order valence-corrected chi connectivity index (χ1v) is 8.22. The van der Waals surface area contributed by atoms with Crippen LogP contribution in [0.2, 0.25) is 0 Å². The molecular formula is C12H14ClN3O3S. The fourth-order valence-electron chi connectivity index (χ4n) is 1.60. The summed E-state index contributed by atoms with van der Waals surface area (Å²) in [5.41, 5.74) is 1.23. The average molecular weight is 316 g/mol. The molecule has 6 nitrogen and oxygen atoms in total. The molecule has 1 N–H and O–H groups in total. The molecule has 0 aliphatic rings. The van der Waals surface area contributed by atoms with Crippen molar-refractivity contribution >= 4 is 27.3 Å². The Morgan fingerprint density at radius 3 is 2.55 bits per heavy atom. The standard InChI is InChI=1S/C12H14ClN3O3S/c13-7-1-2-8-20(17,18)16-11-5-3-10(4-6-11)12-15-14-9-19-12/h3-6,9,16H,1-2,7-8H2. The van der Waals surface area contributed by atoms with E-state index < -0.39 is 10.0 Å². The number of aromatic nitrogens is 2. The number of hydrogen-bond donors (Lipinski definition) is 1. The summed E-state index contributed by atoms with van der Waals surface area (Å²) >= 11 is 5.52. The highest BCUT2D eigenvalue weighted by molar-refractivity contribution is 7.92. The number of alkyl halides is 1. The number of nitrogens with zero attached hydrogens (tertiary/aromatic N) is 2. The topological polar surface area (TPSA) is 85.1 Å². The summed E-state index contributed by atoms with van der Waals surface area (Å²) in [4.78, 5) is 0. The van der Waals surface area contributed by atoms with E-state index in [0.29, 0.717) is 30.3 Å². The van der Waals surface area contributed by atoms with Crippen molar-refractivity contribution in [3.63, 3.8) is 0 Å². The first-order chi connectivity index (χ1) is 9.61. The number of anilines is 1. The van der Waals surface area contributed by atoms with Gasteiger partial charge in [-0.3, -0.25) is 4.72 Å². The van der Waals surface area contributed by atoms with Crippen LogP contribution in [0, 0.1) is 0 Å². The Balaban J connectivity index is 2.00. The second kappa shape index (κ2) is 6.71. The van der Waals surface area contributed by atoms with Crippen LogP contribution < -0.4 is 4.72 Å². The second-order valence-corrected chi connectivity index (χ2v) is 6.36. The number of halogens is 1. The van der Waals surface area contributed by atoms with E-state index in [9.17, 15) is 8.42 Å². The summed E-state index contributed by atoms with van der Waals surface area (Å²) in [6.07, 6.45) is 2.46. The molecule has 0 aliphatic carbocycles. The molecule has 20 heavy (non-hydrogen) atoms. The van der Waals surface area contributed by atoms with Crippen molar-refractivity contribution in [2.24, 2.45) is 0 Å². The molecule has 0 unspecified atom stereocenters. The van der Waals surface area contributed by atoms with Crippen LogP contribution in [-0.2, 0) is 10.0 Å². The van der Waals surface area contributed by atoms with Crippen LogP contribution in [-0.4, -0.2) is 30.2 Å². The minimum absolute atomic E-state index is 0.0606. The number of rotatable bonds is 7. The Morgan fingerprint density at radius 1 is 1.20 bits per heavy atom. The van der Waals surface area contributed by atoms with E-state index in [1.807, 2.05) is 0 Å². The SMILES string of the molecule is O=S(=O)(CCCCCl)Nc1ccc(-c2nnco2)cc1. The minimum Gasteiger partial charge on any atom is -0.423 e.